The highest BCUT2D eigenvalue weighted by atomic mass is 19.4. The minimum absolute atomic E-state index is 0.0810. The molecular formula is C20H22F4N4O5. The second-order valence-corrected chi connectivity index (χ2v) is 7.66. The Morgan fingerprint density at radius 2 is 1.73 bits per heavy atom. The van der Waals surface area contributed by atoms with Gasteiger partial charge in [0.15, 0.2) is 11.6 Å². The van der Waals surface area contributed by atoms with Gasteiger partial charge in [-0.2, -0.15) is 13.2 Å². The highest BCUT2D eigenvalue weighted by molar-refractivity contribution is 5.91. The van der Waals surface area contributed by atoms with Crippen LogP contribution in [-0.4, -0.2) is 76.4 Å². The van der Waals surface area contributed by atoms with Crippen LogP contribution in [-0.2, 0) is 9.53 Å². The molecular weight excluding hydrogens is 452 g/mol. The van der Waals surface area contributed by atoms with E-state index in [9.17, 15) is 22.4 Å². The van der Waals surface area contributed by atoms with Gasteiger partial charge in [0.05, 0.1) is 31.1 Å². The number of likely N-dealkylation sites (tertiary alicyclic amines) is 1. The van der Waals surface area contributed by atoms with Crippen molar-refractivity contribution in [1.29, 1.82) is 0 Å². The maximum atomic E-state index is 13.0. The van der Waals surface area contributed by atoms with E-state index in [-0.39, 0.29) is 11.5 Å². The molecule has 2 saturated heterocycles. The van der Waals surface area contributed by atoms with Gasteiger partial charge in [0.1, 0.15) is 5.76 Å². The zero-order valence-electron chi connectivity index (χ0n) is 17.6. The first-order chi connectivity index (χ1) is 15.5. The summed E-state index contributed by atoms with van der Waals surface area (Å²) in [7, 11) is 0. The molecule has 0 unspecified atom stereocenters. The van der Waals surface area contributed by atoms with Gasteiger partial charge in [0.2, 0.25) is 5.95 Å². The Balaban J connectivity index is 0.000000383. The van der Waals surface area contributed by atoms with Gasteiger partial charge in [-0.1, -0.05) is 0 Å². The average molecular weight is 474 g/mol. The zero-order valence-corrected chi connectivity index (χ0v) is 17.6. The summed E-state index contributed by atoms with van der Waals surface area (Å²) >= 11 is 0. The number of hydrogen-bond donors (Lipinski definition) is 1. The van der Waals surface area contributed by atoms with Crippen LogP contribution < -0.4 is 4.90 Å². The summed E-state index contributed by atoms with van der Waals surface area (Å²) in [6.45, 7) is 4.91. The Morgan fingerprint density at radius 3 is 2.24 bits per heavy atom. The first-order valence-electron chi connectivity index (χ1n) is 10.0. The number of carbonyl (C=O) groups excluding carboxylic acids is 1. The highest BCUT2D eigenvalue weighted by Gasteiger charge is 2.41. The van der Waals surface area contributed by atoms with Crippen molar-refractivity contribution in [3.63, 3.8) is 0 Å². The summed E-state index contributed by atoms with van der Waals surface area (Å²) in [5.74, 6) is -1.66. The molecule has 0 atom stereocenters. The molecule has 2 aliphatic heterocycles. The second-order valence-electron chi connectivity index (χ2n) is 7.66. The van der Waals surface area contributed by atoms with Crippen LogP contribution in [0.5, 0.6) is 0 Å². The standard InChI is InChI=1S/C18H21FN4O3.C2HF3O2/c1-13-2-3-15(26-13)16(24)22-6-4-18(5-7-22)12-23(8-9-25-18)17-20-10-14(19)11-21-17;3-2(4,5)1(6)7/h2-3,10-11H,4-9,12H2,1H3;(H,6,7). The van der Waals surface area contributed by atoms with Gasteiger partial charge in [-0.25, -0.2) is 19.2 Å². The molecule has 0 radical (unpaired) electrons. The third kappa shape index (κ3) is 6.18. The van der Waals surface area contributed by atoms with Crippen molar-refractivity contribution in [3.05, 3.63) is 41.9 Å². The topological polar surface area (TPSA) is 109 Å². The number of nitrogens with zero attached hydrogens (tertiary/aromatic N) is 4. The number of rotatable bonds is 2. The molecule has 4 rings (SSSR count). The molecule has 180 valence electrons. The number of aromatic nitrogens is 2. The molecule has 1 spiro atoms. The van der Waals surface area contributed by atoms with Crippen molar-refractivity contribution < 1.29 is 41.4 Å². The molecule has 1 N–H and O–H groups in total. The lowest BCUT2D eigenvalue weighted by Gasteiger charge is -2.47. The monoisotopic (exact) mass is 474 g/mol. The number of hydrogen-bond acceptors (Lipinski definition) is 7. The van der Waals surface area contributed by atoms with Crippen LogP contribution in [0.4, 0.5) is 23.5 Å². The number of aliphatic carboxylic acids is 1. The molecule has 2 fully saturated rings. The van der Waals surface area contributed by atoms with Gasteiger partial charge in [-0.3, -0.25) is 4.79 Å². The summed E-state index contributed by atoms with van der Waals surface area (Å²) in [6.07, 6.45) is -1.26. The Kier molecular flexibility index (Phi) is 7.20. The van der Waals surface area contributed by atoms with E-state index in [0.29, 0.717) is 44.5 Å². The molecule has 0 aliphatic carbocycles. The Labute approximate surface area is 186 Å². The molecule has 2 aliphatic rings. The van der Waals surface area contributed by atoms with Gasteiger partial charge in [0.25, 0.3) is 5.91 Å². The predicted octanol–water partition coefficient (Wildman–Crippen LogP) is 2.66. The van der Waals surface area contributed by atoms with Crippen molar-refractivity contribution in [2.75, 3.05) is 37.7 Å². The number of halogens is 4. The summed E-state index contributed by atoms with van der Waals surface area (Å²) in [6, 6.07) is 3.51. The third-order valence-electron chi connectivity index (χ3n) is 5.29. The molecule has 13 heteroatoms. The van der Waals surface area contributed by atoms with Crippen molar-refractivity contribution in [2.45, 2.75) is 31.5 Å². The summed E-state index contributed by atoms with van der Waals surface area (Å²) in [5.41, 5.74) is -0.328. The zero-order chi connectivity index (χ0) is 24.2. The molecule has 2 aromatic rings. The lowest BCUT2D eigenvalue weighted by atomic mass is 9.89. The van der Waals surface area contributed by atoms with Crippen LogP contribution in [0.15, 0.2) is 28.9 Å². The minimum Gasteiger partial charge on any atom is -0.475 e. The van der Waals surface area contributed by atoms with Gasteiger partial charge < -0.3 is 24.1 Å². The average Bonchev–Trinajstić information content (AvgIpc) is 3.20. The van der Waals surface area contributed by atoms with E-state index in [1.54, 1.807) is 17.0 Å². The molecule has 0 bridgehead atoms. The Morgan fingerprint density at radius 1 is 1.12 bits per heavy atom. The fraction of sp³-hybridized carbons (Fsp3) is 0.500. The number of piperidine rings is 1. The van der Waals surface area contributed by atoms with Crippen molar-refractivity contribution >= 4 is 17.8 Å². The first-order valence-corrected chi connectivity index (χ1v) is 10.0. The fourth-order valence-electron chi connectivity index (χ4n) is 3.61. The van der Waals surface area contributed by atoms with Crippen molar-refractivity contribution in [2.24, 2.45) is 0 Å². The van der Waals surface area contributed by atoms with Crippen LogP contribution in [0, 0.1) is 12.7 Å². The number of carbonyl (C=O) groups is 2. The number of carboxylic acids is 1. The molecule has 0 saturated carbocycles. The minimum atomic E-state index is -5.08. The van der Waals surface area contributed by atoms with E-state index < -0.39 is 18.0 Å². The molecule has 1 amide bonds. The van der Waals surface area contributed by atoms with Gasteiger partial charge in [0, 0.05) is 19.6 Å². The van der Waals surface area contributed by atoms with Crippen LogP contribution in [0.3, 0.4) is 0 Å². The number of amides is 1. The number of ether oxygens (including phenoxy) is 1. The number of morpholine rings is 1. The van der Waals surface area contributed by atoms with Gasteiger partial charge >= 0.3 is 12.1 Å². The maximum absolute atomic E-state index is 13.0. The number of aryl methyl sites for hydroxylation is 1. The van der Waals surface area contributed by atoms with E-state index in [2.05, 4.69) is 9.97 Å². The Hall–Kier alpha value is -3.22. The first kappa shape index (κ1) is 24.4. The predicted molar refractivity (Wildman–Crippen MR) is 105 cm³/mol. The van der Waals surface area contributed by atoms with Crippen LogP contribution in [0.1, 0.15) is 29.2 Å². The Bertz CT molecular complexity index is 972. The lowest BCUT2D eigenvalue weighted by molar-refractivity contribution is -0.192. The number of anilines is 1. The van der Waals surface area contributed by atoms with Gasteiger partial charge in [-0.15, -0.1) is 0 Å². The second kappa shape index (κ2) is 9.73. The van der Waals surface area contributed by atoms with Crippen LogP contribution in [0.2, 0.25) is 0 Å². The lowest BCUT2D eigenvalue weighted by Crippen LogP contribution is -2.58. The number of carboxylic acid groups (broad SMARTS) is 1. The molecule has 2 aromatic heterocycles. The summed E-state index contributed by atoms with van der Waals surface area (Å²) in [5, 5.41) is 7.12. The van der Waals surface area contributed by atoms with E-state index in [1.165, 1.54) is 12.4 Å². The number of alkyl halides is 3. The highest BCUT2D eigenvalue weighted by Crippen LogP contribution is 2.32. The molecule has 0 aromatic carbocycles. The quantitative estimate of drug-likeness (QED) is 0.662. The fourth-order valence-corrected chi connectivity index (χ4v) is 3.61. The van der Waals surface area contributed by atoms with E-state index in [1.807, 2.05) is 11.8 Å². The summed E-state index contributed by atoms with van der Waals surface area (Å²) < 4.78 is 56.3. The SMILES string of the molecule is Cc1ccc(C(=O)N2CCC3(CC2)CN(c2ncc(F)cn2)CCO3)o1.O=C(O)C(F)(F)F. The van der Waals surface area contributed by atoms with E-state index in [0.717, 1.165) is 18.6 Å². The van der Waals surface area contributed by atoms with Crippen molar-refractivity contribution in [3.8, 4) is 0 Å². The molecule has 33 heavy (non-hydrogen) atoms. The maximum Gasteiger partial charge on any atom is 0.490 e. The third-order valence-corrected chi connectivity index (χ3v) is 5.29. The normalized spacial score (nSPS) is 18.0. The van der Waals surface area contributed by atoms with Crippen LogP contribution in [0.25, 0.3) is 0 Å². The largest absolute Gasteiger partial charge is 0.490 e. The van der Waals surface area contributed by atoms with Crippen molar-refractivity contribution in [1.82, 2.24) is 14.9 Å². The summed E-state index contributed by atoms with van der Waals surface area (Å²) in [4.78, 5) is 33.4. The smallest absolute Gasteiger partial charge is 0.475 e. The van der Waals surface area contributed by atoms with E-state index in [4.69, 9.17) is 19.1 Å². The van der Waals surface area contributed by atoms with Crippen LogP contribution >= 0.6 is 0 Å². The van der Waals surface area contributed by atoms with Gasteiger partial charge in [-0.05, 0) is 31.9 Å². The molecule has 4 heterocycles. The number of furan rings is 1. The van der Waals surface area contributed by atoms with E-state index >= 15 is 0 Å². The molecule has 9 nitrogen and oxygen atoms in total.